The molecule has 0 aliphatic heterocycles. The molecule has 30 heavy (non-hydrogen) atoms. The maximum Gasteiger partial charge on any atom is 0.349 e. The van der Waals surface area contributed by atoms with E-state index in [1.807, 2.05) is 32.2 Å². The molecule has 0 aliphatic rings. The van der Waals surface area contributed by atoms with Gasteiger partial charge in [0.05, 0.1) is 17.6 Å². The van der Waals surface area contributed by atoms with E-state index in [2.05, 4.69) is 33.9 Å². The van der Waals surface area contributed by atoms with Gasteiger partial charge >= 0.3 is 5.69 Å². The van der Waals surface area contributed by atoms with Crippen LogP contribution in [-0.4, -0.2) is 29.7 Å². The van der Waals surface area contributed by atoms with Gasteiger partial charge in [0.25, 0.3) is 5.56 Å². The molecule has 0 fully saturated rings. The molecule has 8 nitrogen and oxygen atoms in total. The fourth-order valence-corrected chi connectivity index (χ4v) is 3.68. The number of hydrogen-bond acceptors (Lipinski definition) is 5. The highest BCUT2D eigenvalue weighted by molar-refractivity contribution is 5.75. The lowest BCUT2D eigenvalue weighted by molar-refractivity contribution is 0.726. The van der Waals surface area contributed by atoms with Crippen LogP contribution >= 0.6 is 0 Å². The van der Waals surface area contributed by atoms with Crippen LogP contribution in [0.15, 0.2) is 34.1 Å². The Morgan fingerprint density at radius 3 is 2.47 bits per heavy atom. The number of nitrogens with zero attached hydrogens (tertiary/aromatic N) is 4. The summed E-state index contributed by atoms with van der Waals surface area (Å²) >= 11 is 0. The molecule has 0 atom stereocenters. The van der Waals surface area contributed by atoms with Crippen molar-refractivity contribution in [1.29, 1.82) is 0 Å². The molecule has 4 aromatic rings. The summed E-state index contributed by atoms with van der Waals surface area (Å²) in [7, 11) is 0. The van der Waals surface area contributed by atoms with Gasteiger partial charge in [-0.2, -0.15) is 9.78 Å². The first kappa shape index (κ1) is 19.8. The third kappa shape index (κ3) is 3.45. The van der Waals surface area contributed by atoms with Crippen molar-refractivity contribution in [3.63, 3.8) is 0 Å². The molecule has 0 unspecified atom stereocenters. The lowest BCUT2D eigenvalue weighted by Crippen LogP contribution is -2.33. The van der Waals surface area contributed by atoms with Gasteiger partial charge in [-0.15, -0.1) is 0 Å². The van der Waals surface area contributed by atoms with Crippen molar-refractivity contribution in [2.24, 2.45) is 0 Å². The lowest BCUT2D eigenvalue weighted by atomic mass is 9.97. The number of aromatic amines is 2. The largest absolute Gasteiger partial charge is 0.349 e. The number of aryl methyl sites for hydroxylation is 3. The molecule has 0 bridgehead atoms. The molecule has 8 heteroatoms. The minimum absolute atomic E-state index is 0.241. The molecule has 2 N–H and O–H groups in total. The molecule has 0 amide bonds. The first-order chi connectivity index (χ1) is 14.2. The van der Waals surface area contributed by atoms with E-state index in [0.29, 0.717) is 18.0 Å². The van der Waals surface area contributed by atoms with Gasteiger partial charge in [0.2, 0.25) is 0 Å². The monoisotopic (exact) mass is 404 g/mol. The van der Waals surface area contributed by atoms with Crippen LogP contribution in [0.25, 0.3) is 16.9 Å². The fraction of sp³-hybridized carbons (Fsp3) is 0.318. The van der Waals surface area contributed by atoms with Gasteiger partial charge in [-0.05, 0) is 55.5 Å². The number of rotatable bonds is 4. The second-order valence-electron chi connectivity index (χ2n) is 7.95. The van der Waals surface area contributed by atoms with E-state index >= 15 is 0 Å². The highest BCUT2D eigenvalue weighted by Crippen LogP contribution is 2.25. The van der Waals surface area contributed by atoms with Crippen molar-refractivity contribution < 1.29 is 0 Å². The van der Waals surface area contributed by atoms with E-state index in [-0.39, 0.29) is 5.69 Å². The van der Waals surface area contributed by atoms with Crippen molar-refractivity contribution in [2.45, 2.75) is 47.0 Å². The summed E-state index contributed by atoms with van der Waals surface area (Å²) in [6.45, 7) is 9.84. The molecule has 154 valence electrons. The Labute approximate surface area is 173 Å². The summed E-state index contributed by atoms with van der Waals surface area (Å²) in [5, 5.41) is 4.13. The number of nitrogens with one attached hydrogen (secondary N) is 2. The van der Waals surface area contributed by atoms with E-state index in [1.54, 1.807) is 13.1 Å². The Morgan fingerprint density at radius 1 is 1.10 bits per heavy atom. The van der Waals surface area contributed by atoms with Gasteiger partial charge in [0.15, 0.2) is 5.65 Å². The zero-order valence-corrected chi connectivity index (χ0v) is 17.7. The lowest BCUT2D eigenvalue weighted by Gasteiger charge is -2.13. The van der Waals surface area contributed by atoms with Crippen molar-refractivity contribution in [3.8, 4) is 5.69 Å². The molecule has 0 aliphatic carbocycles. The van der Waals surface area contributed by atoms with Crippen LogP contribution in [0.2, 0.25) is 0 Å². The maximum absolute atomic E-state index is 12.2. The topological polar surface area (TPSA) is 109 Å². The van der Waals surface area contributed by atoms with E-state index in [1.165, 1.54) is 4.68 Å². The summed E-state index contributed by atoms with van der Waals surface area (Å²) in [6.07, 6.45) is 4.41. The molecular formula is C22H24N6O2. The van der Waals surface area contributed by atoms with Crippen molar-refractivity contribution in [2.75, 3.05) is 0 Å². The van der Waals surface area contributed by atoms with Gasteiger partial charge < -0.3 is 4.98 Å². The van der Waals surface area contributed by atoms with Crippen LogP contribution in [0, 0.1) is 20.8 Å². The van der Waals surface area contributed by atoms with Crippen molar-refractivity contribution in [1.82, 2.24) is 29.7 Å². The molecule has 3 heterocycles. The number of H-pyrrole nitrogens is 2. The third-order valence-corrected chi connectivity index (χ3v) is 5.36. The molecule has 1 aromatic carbocycles. The SMILES string of the molecule is Cc1cc(-n2nc(C)c(=O)[nH]c2=O)cc(C)c1Cc1cnc2[nH]cc(C(C)C)c2n1. The van der Waals surface area contributed by atoms with E-state index in [0.717, 1.165) is 39.1 Å². The average Bonchev–Trinajstić information content (AvgIpc) is 3.11. The molecule has 3 aromatic heterocycles. The van der Waals surface area contributed by atoms with Crippen LogP contribution < -0.4 is 11.2 Å². The Kier molecular flexibility index (Phi) is 4.85. The van der Waals surface area contributed by atoms with Gasteiger partial charge in [0.1, 0.15) is 11.2 Å². The molecule has 0 spiro atoms. The second-order valence-corrected chi connectivity index (χ2v) is 7.95. The molecule has 4 rings (SSSR count). The van der Waals surface area contributed by atoms with Gasteiger partial charge in [-0.25, -0.2) is 14.8 Å². The van der Waals surface area contributed by atoms with E-state index in [4.69, 9.17) is 4.98 Å². The second kappa shape index (κ2) is 7.37. The quantitative estimate of drug-likeness (QED) is 0.544. The zero-order chi connectivity index (χ0) is 21.6. The number of fused-ring (bicyclic) bond motifs is 1. The smallest absolute Gasteiger partial charge is 0.345 e. The Hall–Kier alpha value is -3.55. The highest BCUT2D eigenvalue weighted by Gasteiger charge is 2.14. The first-order valence-electron chi connectivity index (χ1n) is 9.88. The standard InChI is InChI=1S/C22H24N6O2/c1-11(2)18-10-24-20-19(18)25-15(9-23-20)8-17-12(3)6-16(7-13(17)4)28-22(30)26-21(29)14(5)27-28/h6-7,9-11H,8H2,1-5H3,(H,23,24)(H,26,29,30). The van der Waals surface area contributed by atoms with Crippen LogP contribution in [0.1, 0.15) is 53.4 Å². The van der Waals surface area contributed by atoms with Crippen LogP contribution in [0.4, 0.5) is 0 Å². The molecule has 0 saturated heterocycles. The van der Waals surface area contributed by atoms with Gasteiger partial charge in [-0.1, -0.05) is 13.8 Å². The summed E-state index contributed by atoms with van der Waals surface area (Å²) < 4.78 is 1.22. The molecule has 0 saturated carbocycles. The third-order valence-electron chi connectivity index (χ3n) is 5.36. The number of hydrogen-bond donors (Lipinski definition) is 2. The van der Waals surface area contributed by atoms with Gasteiger partial charge in [0, 0.05) is 18.2 Å². The summed E-state index contributed by atoms with van der Waals surface area (Å²) in [5.74, 6) is 0.359. The summed E-state index contributed by atoms with van der Waals surface area (Å²) in [5.41, 5.74) is 6.74. The summed E-state index contributed by atoms with van der Waals surface area (Å²) in [4.78, 5) is 38.7. The first-order valence-corrected chi connectivity index (χ1v) is 9.88. The van der Waals surface area contributed by atoms with E-state index < -0.39 is 11.2 Å². The minimum Gasteiger partial charge on any atom is -0.345 e. The molecular weight excluding hydrogens is 380 g/mol. The predicted molar refractivity (Wildman–Crippen MR) is 115 cm³/mol. The molecule has 0 radical (unpaired) electrons. The minimum atomic E-state index is -0.554. The maximum atomic E-state index is 12.2. The zero-order valence-electron chi connectivity index (χ0n) is 17.7. The number of benzene rings is 1. The predicted octanol–water partition coefficient (Wildman–Crippen LogP) is 2.83. The van der Waals surface area contributed by atoms with Gasteiger partial charge in [-0.3, -0.25) is 9.78 Å². The Morgan fingerprint density at radius 2 is 1.80 bits per heavy atom. The Balaban J connectivity index is 1.74. The van der Waals surface area contributed by atoms with Crippen LogP contribution in [0.3, 0.4) is 0 Å². The fourth-order valence-electron chi connectivity index (χ4n) is 3.68. The Bertz CT molecular complexity index is 1350. The normalized spacial score (nSPS) is 11.5. The average molecular weight is 404 g/mol. The summed E-state index contributed by atoms with van der Waals surface area (Å²) in [6, 6.07) is 3.80. The van der Waals surface area contributed by atoms with Crippen LogP contribution in [0.5, 0.6) is 0 Å². The van der Waals surface area contributed by atoms with Crippen LogP contribution in [-0.2, 0) is 6.42 Å². The number of aromatic nitrogens is 6. The van der Waals surface area contributed by atoms with Crippen molar-refractivity contribution in [3.05, 3.63) is 79.0 Å². The highest BCUT2D eigenvalue weighted by atomic mass is 16.2. The van der Waals surface area contributed by atoms with E-state index in [9.17, 15) is 9.59 Å². The van der Waals surface area contributed by atoms with Crippen molar-refractivity contribution >= 4 is 11.2 Å².